The van der Waals surface area contributed by atoms with Crippen molar-refractivity contribution in [2.75, 3.05) is 5.32 Å². The number of nitrogens with one attached hydrogen (secondary N) is 2. The first-order valence-electron chi connectivity index (χ1n) is 8.33. The van der Waals surface area contributed by atoms with E-state index < -0.39 is 0 Å². The number of halogens is 2. The van der Waals surface area contributed by atoms with Crippen LogP contribution in [-0.4, -0.2) is 11.0 Å². The number of furan rings is 1. The third kappa shape index (κ3) is 5.45. The zero-order valence-corrected chi connectivity index (χ0v) is 17.2. The van der Waals surface area contributed by atoms with Gasteiger partial charge in [0.2, 0.25) is 5.91 Å². The van der Waals surface area contributed by atoms with Gasteiger partial charge in [0.25, 0.3) is 0 Å². The Morgan fingerprint density at radius 1 is 1.04 bits per heavy atom. The molecule has 3 aromatic rings. The van der Waals surface area contributed by atoms with E-state index in [1.165, 1.54) is 6.08 Å². The molecular weight excluding hydrogens is 415 g/mol. The summed E-state index contributed by atoms with van der Waals surface area (Å²) in [6.07, 6.45) is 2.92. The van der Waals surface area contributed by atoms with Crippen molar-refractivity contribution in [1.82, 2.24) is 5.32 Å². The molecule has 3 rings (SSSR count). The zero-order chi connectivity index (χ0) is 20.1. The van der Waals surface area contributed by atoms with Gasteiger partial charge in [0.15, 0.2) is 5.11 Å². The van der Waals surface area contributed by atoms with E-state index >= 15 is 0 Å². The number of hydrogen-bond donors (Lipinski definition) is 2. The average Bonchev–Trinajstić information content (AvgIpc) is 3.12. The van der Waals surface area contributed by atoms with Gasteiger partial charge in [-0.15, -0.1) is 0 Å². The SMILES string of the molecule is Cc1ccc(Cl)cc1NC(=S)NC(=O)C=Cc1ccc(-c2ccc(Cl)cc2)o1. The molecule has 142 valence electrons. The molecule has 28 heavy (non-hydrogen) atoms. The normalized spacial score (nSPS) is 10.8. The largest absolute Gasteiger partial charge is 0.457 e. The lowest BCUT2D eigenvalue weighted by atomic mass is 10.2. The Bertz CT molecular complexity index is 1040. The van der Waals surface area contributed by atoms with Gasteiger partial charge in [-0.3, -0.25) is 10.1 Å². The molecule has 0 saturated carbocycles. The Hall–Kier alpha value is -2.60. The Labute approximate surface area is 178 Å². The second-order valence-electron chi connectivity index (χ2n) is 5.94. The van der Waals surface area contributed by atoms with Crippen LogP contribution < -0.4 is 10.6 Å². The zero-order valence-electron chi connectivity index (χ0n) is 14.8. The van der Waals surface area contributed by atoms with Crippen molar-refractivity contribution >= 4 is 58.2 Å². The van der Waals surface area contributed by atoms with Gasteiger partial charge in [-0.1, -0.05) is 29.3 Å². The molecule has 0 aliphatic rings. The number of amides is 1. The van der Waals surface area contributed by atoms with Crippen molar-refractivity contribution in [3.8, 4) is 11.3 Å². The highest BCUT2D eigenvalue weighted by Crippen LogP contribution is 2.24. The lowest BCUT2D eigenvalue weighted by Crippen LogP contribution is -2.33. The maximum Gasteiger partial charge on any atom is 0.250 e. The van der Waals surface area contributed by atoms with Crippen molar-refractivity contribution < 1.29 is 9.21 Å². The van der Waals surface area contributed by atoms with Crippen LogP contribution in [-0.2, 0) is 4.79 Å². The predicted molar refractivity (Wildman–Crippen MR) is 119 cm³/mol. The maximum atomic E-state index is 12.1. The van der Waals surface area contributed by atoms with Crippen LogP contribution in [0.4, 0.5) is 5.69 Å². The summed E-state index contributed by atoms with van der Waals surface area (Å²) in [5.74, 6) is 0.858. The van der Waals surface area contributed by atoms with Gasteiger partial charge in [-0.25, -0.2) is 0 Å². The van der Waals surface area contributed by atoms with Crippen LogP contribution in [0.1, 0.15) is 11.3 Å². The third-order valence-corrected chi connectivity index (χ3v) is 4.53. The van der Waals surface area contributed by atoms with Crippen LogP contribution in [0.5, 0.6) is 0 Å². The Morgan fingerprint density at radius 3 is 2.50 bits per heavy atom. The molecule has 0 bridgehead atoms. The summed E-state index contributed by atoms with van der Waals surface area (Å²) in [6.45, 7) is 1.91. The summed E-state index contributed by atoms with van der Waals surface area (Å²) in [7, 11) is 0. The molecule has 1 amide bonds. The molecule has 0 atom stereocenters. The molecule has 0 spiro atoms. The first-order valence-corrected chi connectivity index (χ1v) is 9.49. The lowest BCUT2D eigenvalue weighted by Gasteiger charge is -2.11. The summed E-state index contributed by atoms with van der Waals surface area (Å²) in [5, 5.41) is 6.96. The summed E-state index contributed by atoms with van der Waals surface area (Å²) in [6, 6.07) is 16.3. The second kappa shape index (κ2) is 9.06. The summed E-state index contributed by atoms with van der Waals surface area (Å²) in [4.78, 5) is 12.1. The van der Waals surface area contributed by atoms with Crippen LogP contribution in [0.3, 0.4) is 0 Å². The molecule has 0 aliphatic carbocycles. The van der Waals surface area contributed by atoms with Gasteiger partial charge in [-0.2, -0.15) is 0 Å². The molecule has 0 unspecified atom stereocenters. The van der Waals surface area contributed by atoms with E-state index in [4.69, 9.17) is 39.8 Å². The Kier molecular flexibility index (Phi) is 6.52. The van der Waals surface area contributed by atoms with Crippen LogP contribution in [0.15, 0.2) is 65.1 Å². The number of benzene rings is 2. The molecular formula is C21H16Cl2N2O2S. The van der Waals surface area contributed by atoms with Gasteiger partial charge in [0.1, 0.15) is 11.5 Å². The van der Waals surface area contributed by atoms with E-state index in [1.807, 2.05) is 31.2 Å². The first kappa shape index (κ1) is 20.1. The van der Waals surface area contributed by atoms with E-state index in [2.05, 4.69) is 10.6 Å². The van der Waals surface area contributed by atoms with Gasteiger partial charge < -0.3 is 9.73 Å². The van der Waals surface area contributed by atoms with E-state index in [9.17, 15) is 4.79 Å². The summed E-state index contributed by atoms with van der Waals surface area (Å²) in [5.41, 5.74) is 2.60. The predicted octanol–water partition coefficient (Wildman–Crippen LogP) is 6.09. The van der Waals surface area contributed by atoms with Crippen molar-refractivity contribution in [2.24, 2.45) is 0 Å². The minimum absolute atomic E-state index is 0.182. The van der Waals surface area contributed by atoms with Crippen molar-refractivity contribution in [3.05, 3.63) is 82.0 Å². The molecule has 1 aromatic heterocycles. The minimum Gasteiger partial charge on any atom is -0.457 e. The fourth-order valence-corrected chi connectivity index (χ4v) is 2.91. The molecule has 4 nitrogen and oxygen atoms in total. The number of carbonyl (C=O) groups is 1. The van der Waals surface area contributed by atoms with Crippen molar-refractivity contribution in [1.29, 1.82) is 0 Å². The van der Waals surface area contributed by atoms with Crippen LogP contribution in [0, 0.1) is 6.92 Å². The number of rotatable bonds is 4. The minimum atomic E-state index is -0.373. The number of anilines is 1. The standard InChI is InChI=1S/C21H16Cl2N2O2S/c1-13-2-5-16(23)12-18(13)24-21(28)25-20(26)11-9-17-8-10-19(27-17)14-3-6-15(22)7-4-14/h2-12H,1H3,(H2,24,25,26,28). The molecule has 0 radical (unpaired) electrons. The fraction of sp³-hybridized carbons (Fsp3) is 0.0476. The second-order valence-corrected chi connectivity index (χ2v) is 7.23. The number of hydrogen-bond acceptors (Lipinski definition) is 3. The van der Waals surface area contributed by atoms with Gasteiger partial charge >= 0.3 is 0 Å². The fourth-order valence-electron chi connectivity index (χ4n) is 2.41. The van der Waals surface area contributed by atoms with Crippen LogP contribution in [0.2, 0.25) is 10.0 Å². The molecule has 0 fully saturated rings. The quantitative estimate of drug-likeness (QED) is 0.388. The first-order chi connectivity index (χ1) is 13.4. The molecule has 2 aromatic carbocycles. The Morgan fingerprint density at radius 2 is 1.75 bits per heavy atom. The highest BCUT2D eigenvalue weighted by Gasteiger charge is 2.06. The highest BCUT2D eigenvalue weighted by molar-refractivity contribution is 7.80. The Balaban J connectivity index is 1.58. The van der Waals surface area contributed by atoms with E-state index in [1.54, 1.807) is 36.4 Å². The van der Waals surface area contributed by atoms with Gasteiger partial charge in [0, 0.05) is 27.4 Å². The summed E-state index contributed by atoms with van der Waals surface area (Å²) < 4.78 is 5.72. The van der Waals surface area contributed by atoms with Crippen molar-refractivity contribution in [3.63, 3.8) is 0 Å². The van der Waals surface area contributed by atoms with Crippen LogP contribution in [0.25, 0.3) is 17.4 Å². The van der Waals surface area contributed by atoms with E-state index in [-0.39, 0.29) is 11.0 Å². The topological polar surface area (TPSA) is 54.3 Å². The van der Waals surface area contributed by atoms with E-state index in [0.717, 1.165) is 16.8 Å². The smallest absolute Gasteiger partial charge is 0.250 e. The average molecular weight is 431 g/mol. The molecule has 1 heterocycles. The highest BCUT2D eigenvalue weighted by atomic mass is 35.5. The van der Waals surface area contributed by atoms with E-state index in [0.29, 0.717) is 21.6 Å². The molecule has 2 N–H and O–H groups in total. The lowest BCUT2D eigenvalue weighted by molar-refractivity contribution is -0.115. The third-order valence-electron chi connectivity index (χ3n) is 3.84. The maximum absolute atomic E-state index is 12.1. The molecule has 7 heteroatoms. The number of thiocarbonyl (C=S) groups is 1. The monoisotopic (exact) mass is 430 g/mol. The van der Waals surface area contributed by atoms with Gasteiger partial charge in [0.05, 0.1) is 0 Å². The molecule has 0 saturated heterocycles. The van der Waals surface area contributed by atoms with Crippen LogP contribution >= 0.6 is 35.4 Å². The summed E-state index contributed by atoms with van der Waals surface area (Å²) >= 11 is 17.0. The van der Waals surface area contributed by atoms with Crippen molar-refractivity contribution in [2.45, 2.75) is 6.92 Å². The van der Waals surface area contributed by atoms with Gasteiger partial charge in [-0.05, 0) is 79.3 Å². The molecule has 0 aliphatic heterocycles. The number of carbonyl (C=O) groups excluding carboxylic acids is 1. The number of aryl methyl sites for hydroxylation is 1.